The van der Waals surface area contributed by atoms with Crippen LogP contribution in [-0.2, 0) is 4.74 Å². The first-order chi connectivity index (χ1) is 8.17. The Morgan fingerprint density at radius 2 is 2.00 bits per heavy atom. The van der Waals surface area contributed by atoms with Gasteiger partial charge in [0.05, 0.1) is 0 Å². The normalized spacial score (nSPS) is 30.4. The Bertz CT molecular complexity index is 333. The molecule has 0 spiro atoms. The van der Waals surface area contributed by atoms with Gasteiger partial charge in [0.2, 0.25) is 0 Å². The van der Waals surface area contributed by atoms with Gasteiger partial charge < -0.3 is 15.0 Å². The third kappa shape index (κ3) is 3.37. The Morgan fingerprint density at radius 3 is 2.50 bits per heavy atom. The lowest BCUT2D eigenvalue weighted by molar-refractivity contribution is 0.0291. The number of amides is 1. The Morgan fingerprint density at radius 1 is 1.39 bits per heavy atom. The number of likely N-dealkylation sites (tertiary alicyclic amines) is 1. The van der Waals surface area contributed by atoms with Crippen LogP contribution in [0.3, 0.4) is 0 Å². The van der Waals surface area contributed by atoms with E-state index in [0.29, 0.717) is 17.5 Å². The summed E-state index contributed by atoms with van der Waals surface area (Å²) in [6.07, 6.45) is 2.10. The van der Waals surface area contributed by atoms with Crippen LogP contribution < -0.4 is 5.32 Å². The zero-order valence-electron chi connectivity index (χ0n) is 12.2. The molecule has 1 N–H and O–H groups in total. The van der Waals surface area contributed by atoms with Gasteiger partial charge in [-0.15, -0.1) is 0 Å². The number of ether oxygens (including phenoxy) is 1. The molecule has 1 saturated carbocycles. The molecule has 2 atom stereocenters. The van der Waals surface area contributed by atoms with E-state index in [1.807, 2.05) is 25.7 Å². The third-order valence-electron chi connectivity index (χ3n) is 3.79. The van der Waals surface area contributed by atoms with Crippen molar-refractivity contribution in [3.8, 4) is 0 Å². The standard InChI is InChI=1S/C14H26N2O2/c1-13(2,3)18-12(17)16-7-6-10(9-16)15-11-8-14(11,4)5/h10-11,15H,6-9H2,1-5H3. The number of nitrogens with zero attached hydrogens (tertiary/aromatic N) is 1. The maximum absolute atomic E-state index is 11.9. The Kier molecular flexibility index (Phi) is 3.34. The zero-order valence-corrected chi connectivity index (χ0v) is 12.2. The van der Waals surface area contributed by atoms with Crippen molar-refractivity contribution in [2.75, 3.05) is 13.1 Å². The third-order valence-corrected chi connectivity index (χ3v) is 3.79. The number of rotatable bonds is 2. The molecule has 2 fully saturated rings. The molecule has 2 unspecified atom stereocenters. The van der Waals surface area contributed by atoms with Crippen LogP contribution in [-0.4, -0.2) is 41.8 Å². The monoisotopic (exact) mass is 254 g/mol. The van der Waals surface area contributed by atoms with Gasteiger partial charge in [0, 0.05) is 25.2 Å². The molecule has 1 aliphatic carbocycles. The highest BCUT2D eigenvalue weighted by Gasteiger charge is 2.47. The van der Waals surface area contributed by atoms with Crippen molar-refractivity contribution in [3.05, 3.63) is 0 Å². The summed E-state index contributed by atoms with van der Waals surface area (Å²) < 4.78 is 5.39. The first-order valence-corrected chi connectivity index (χ1v) is 6.91. The Hall–Kier alpha value is -0.770. The predicted molar refractivity (Wildman–Crippen MR) is 71.5 cm³/mol. The summed E-state index contributed by atoms with van der Waals surface area (Å²) in [6.45, 7) is 11.9. The van der Waals surface area contributed by atoms with Gasteiger partial charge in [-0.2, -0.15) is 0 Å². The van der Waals surface area contributed by atoms with E-state index in [1.165, 1.54) is 6.42 Å². The molecule has 0 bridgehead atoms. The molecular weight excluding hydrogens is 228 g/mol. The molecule has 0 aromatic heterocycles. The summed E-state index contributed by atoms with van der Waals surface area (Å²) in [7, 11) is 0. The van der Waals surface area contributed by atoms with Crippen LogP contribution in [0, 0.1) is 5.41 Å². The molecule has 2 rings (SSSR count). The van der Waals surface area contributed by atoms with Crippen molar-refractivity contribution in [1.29, 1.82) is 0 Å². The van der Waals surface area contributed by atoms with E-state index in [1.54, 1.807) is 0 Å². The summed E-state index contributed by atoms with van der Waals surface area (Å²) >= 11 is 0. The number of hydrogen-bond acceptors (Lipinski definition) is 3. The highest BCUT2D eigenvalue weighted by Crippen LogP contribution is 2.45. The Balaban J connectivity index is 1.76. The van der Waals surface area contributed by atoms with E-state index in [2.05, 4.69) is 19.2 Å². The topological polar surface area (TPSA) is 41.6 Å². The van der Waals surface area contributed by atoms with Crippen molar-refractivity contribution in [2.45, 2.75) is 65.1 Å². The van der Waals surface area contributed by atoms with Gasteiger partial charge >= 0.3 is 6.09 Å². The average Bonchev–Trinajstić information content (AvgIpc) is 2.59. The van der Waals surface area contributed by atoms with Gasteiger partial charge in [-0.3, -0.25) is 0 Å². The van der Waals surface area contributed by atoms with Crippen molar-refractivity contribution >= 4 is 6.09 Å². The summed E-state index contributed by atoms with van der Waals surface area (Å²) in [4.78, 5) is 13.7. The van der Waals surface area contributed by atoms with Crippen LogP contribution in [0.25, 0.3) is 0 Å². The van der Waals surface area contributed by atoms with E-state index >= 15 is 0 Å². The van der Waals surface area contributed by atoms with E-state index in [-0.39, 0.29) is 6.09 Å². The van der Waals surface area contributed by atoms with Crippen molar-refractivity contribution in [1.82, 2.24) is 10.2 Å². The lowest BCUT2D eigenvalue weighted by atomic mass is 10.1. The minimum Gasteiger partial charge on any atom is -0.444 e. The average molecular weight is 254 g/mol. The van der Waals surface area contributed by atoms with Crippen LogP contribution in [0.5, 0.6) is 0 Å². The predicted octanol–water partition coefficient (Wildman–Crippen LogP) is 2.38. The maximum atomic E-state index is 11.9. The van der Waals surface area contributed by atoms with Crippen LogP contribution in [0.15, 0.2) is 0 Å². The summed E-state index contributed by atoms with van der Waals surface area (Å²) in [5.74, 6) is 0. The molecule has 4 heteroatoms. The number of nitrogens with one attached hydrogen (secondary N) is 1. The number of hydrogen-bond donors (Lipinski definition) is 1. The fourth-order valence-corrected chi connectivity index (χ4v) is 2.42. The molecule has 1 saturated heterocycles. The van der Waals surface area contributed by atoms with Gasteiger partial charge in [0.25, 0.3) is 0 Å². The zero-order chi connectivity index (χ0) is 13.6. The maximum Gasteiger partial charge on any atom is 0.410 e. The second kappa shape index (κ2) is 4.41. The fraction of sp³-hybridized carbons (Fsp3) is 0.929. The minimum absolute atomic E-state index is 0.179. The first-order valence-electron chi connectivity index (χ1n) is 6.91. The molecule has 1 amide bonds. The highest BCUT2D eigenvalue weighted by atomic mass is 16.6. The Labute approximate surface area is 110 Å². The smallest absolute Gasteiger partial charge is 0.410 e. The van der Waals surface area contributed by atoms with Gasteiger partial charge in [0.15, 0.2) is 0 Å². The molecule has 0 aromatic carbocycles. The first kappa shape index (κ1) is 13.7. The fourth-order valence-electron chi connectivity index (χ4n) is 2.42. The molecule has 4 nitrogen and oxygen atoms in total. The highest BCUT2D eigenvalue weighted by molar-refractivity contribution is 5.68. The van der Waals surface area contributed by atoms with Gasteiger partial charge in [0.1, 0.15) is 5.60 Å². The number of carbonyl (C=O) groups excluding carboxylic acids is 1. The van der Waals surface area contributed by atoms with Crippen LogP contribution in [0.4, 0.5) is 4.79 Å². The molecule has 2 aliphatic rings. The minimum atomic E-state index is -0.402. The second-order valence-corrected chi connectivity index (χ2v) is 7.32. The SMILES string of the molecule is CC(C)(C)OC(=O)N1CCC(NC2CC2(C)C)C1. The van der Waals surface area contributed by atoms with Crippen LogP contribution in [0.2, 0.25) is 0 Å². The van der Waals surface area contributed by atoms with Gasteiger partial charge in [-0.05, 0) is 39.0 Å². The largest absolute Gasteiger partial charge is 0.444 e. The summed E-state index contributed by atoms with van der Waals surface area (Å²) in [5, 5.41) is 3.64. The van der Waals surface area contributed by atoms with E-state index in [0.717, 1.165) is 19.5 Å². The molecule has 0 radical (unpaired) electrons. The van der Waals surface area contributed by atoms with E-state index in [4.69, 9.17) is 4.74 Å². The molecular formula is C14H26N2O2. The van der Waals surface area contributed by atoms with Crippen LogP contribution >= 0.6 is 0 Å². The molecule has 1 heterocycles. The quantitative estimate of drug-likeness (QED) is 0.822. The second-order valence-electron chi connectivity index (χ2n) is 7.32. The molecule has 18 heavy (non-hydrogen) atoms. The molecule has 104 valence electrons. The van der Waals surface area contributed by atoms with Crippen molar-refractivity contribution in [3.63, 3.8) is 0 Å². The van der Waals surface area contributed by atoms with Crippen molar-refractivity contribution < 1.29 is 9.53 Å². The molecule has 0 aromatic rings. The van der Waals surface area contributed by atoms with E-state index < -0.39 is 5.60 Å². The number of carbonyl (C=O) groups is 1. The lowest BCUT2D eigenvalue weighted by Gasteiger charge is -2.24. The van der Waals surface area contributed by atoms with Crippen LogP contribution in [0.1, 0.15) is 47.5 Å². The lowest BCUT2D eigenvalue weighted by Crippen LogP contribution is -2.39. The van der Waals surface area contributed by atoms with Gasteiger partial charge in [-0.25, -0.2) is 4.79 Å². The van der Waals surface area contributed by atoms with Crippen molar-refractivity contribution in [2.24, 2.45) is 5.41 Å². The van der Waals surface area contributed by atoms with E-state index in [9.17, 15) is 4.79 Å². The van der Waals surface area contributed by atoms with Gasteiger partial charge in [-0.1, -0.05) is 13.8 Å². The summed E-state index contributed by atoms with van der Waals surface area (Å²) in [6, 6.07) is 1.06. The molecule has 1 aliphatic heterocycles. The summed E-state index contributed by atoms with van der Waals surface area (Å²) in [5.41, 5.74) is 0.0421.